The Balaban J connectivity index is 1.39. The maximum Gasteiger partial charge on any atom is 0.305 e. The van der Waals surface area contributed by atoms with Gasteiger partial charge in [0, 0.05) is 33.9 Å². The van der Waals surface area contributed by atoms with Crippen molar-refractivity contribution < 1.29 is 23.9 Å². The molecule has 3 aliphatic heterocycles. The highest BCUT2D eigenvalue weighted by Gasteiger charge is 2.56. The Kier molecular flexibility index (Phi) is 7.13. The number of morpholine rings is 1. The number of aromatic nitrogens is 1. The smallest absolute Gasteiger partial charge is 0.305 e. The van der Waals surface area contributed by atoms with Gasteiger partial charge in [0.2, 0.25) is 11.8 Å². The fraction of sp³-hybridized carbons (Fsp3) is 0.333. The van der Waals surface area contributed by atoms with E-state index >= 15 is 0 Å². The lowest BCUT2D eigenvalue weighted by Crippen LogP contribution is -2.43. The summed E-state index contributed by atoms with van der Waals surface area (Å²) in [6.07, 6.45) is 0. The third-order valence-electron chi connectivity index (χ3n) is 7.14. The molecule has 3 aromatic rings. The molecule has 2 saturated heterocycles. The van der Waals surface area contributed by atoms with E-state index in [2.05, 4.69) is 20.9 Å². The maximum atomic E-state index is 14.0. The first-order valence-corrected chi connectivity index (χ1v) is 14.9. The Hall–Kier alpha value is -2.93. The fourth-order valence-electron chi connectivity index (χ4n) is 5.24. The van der Waals surface area contributed by atoms with Crippen molar-refractivity contribution in [1.29, 1.82) is 0 Å². The summed E-state index contributed by atoms with van der Waals surface area (Å²) in [5, 5.41) is -0.137. The molecule has 0 saturated carbocycles. The standard InChI is InChI=1S/C27H24BrN3O6S2/c1-14-2-5-16(6-3-14)31-25(33)21-20(22-24(29-27(35)39-22)38-23(21)26(31)34)17-12-15(28)4-7-18(17)37-13-19(32)30-8-10-36-11-9-30/h2-7,12,20-21,23H,8-11,13H2,1H3,(H,29,35). The predicted octanol–water partition coefficient (Wildman–Crippen LogP) is 3.54. The summed E-state index contributed by atoms with van der Waals surface area (Å²) in [6.45, 7) is 3.75. The average Bonchev–Trinajstić information content (AvgIpc) is 3.43. The van der Waals surface area contributed by atoms with Crippen LogP contribution >= 0.6 is 39.0 Å². The minimum atomic E-state index is -0.755. The number of amides is 3. The van der Waals surface area contributed by atoms with E-state index in [1.807, 2.05) is 25.1 Å². The number of nitrogens with one attached hydrogen (secondary N) is 1. The Morgan fingerprint density at radius 2 is 1.85 bits per heavy atom. The molecule has 39 heavy (non-hydrogen) atoms. The molecule has 0 bridgehead atoms. The Bertz CT molecular complexity index is 1510. The number of thiazole rings is 1. The van der Waals surface area contributed by atoms with Crippen LogP contribution in [0, 0.1) is 12.8 Å². The van der Waals surface area contributed by atoms with E-state index in [1.165, 1.54) is 16.7 Å². The van der Waals surface area contributed by atoms with E-state index in [9.17, 15) is 19.2 Å². The Labute approximate surface area is 240 Å². The molecule has 9 nitrogen and oxygen atoms in total. The predicted molar refractivity (Wildman–Crippen MR) is 151 cm³/mol. The topological polar surface area (TPSA) is 109 Å². The van der Waals surface area contributed by atoms with Crippen LogP contribution in [-0.2, 0) is 19.1 Å². The van der Waals surface area contributed by atoms with E-state index < -0.39 is 17.1 Å². The number of fused-ring (bicyclic) bond motifs is 2. The minimum absolute atomic E-state index is 0.158. The summed E-state index contributed by atoms with van der Waals surface area (Å²) in [5.41, 5.74) is 2.17. The Morgan fingerprint density at radius 1 is 1.10 bits per heavy atom. The third-order valence-corrected chi connectivity index (χ3v) is 10.0. The fourth-order valence-corrected chi connectivity index (χ4v) is 8.12. The van der Waals surface area contributed by atoms with E-state index in [0.29, 0.717) is 53.2 Å². The molecule has 6 rings (SSSR count). The molecule has 0 spiro atoms. The van der Waals surface area contributed by atoms with Gasteiger partial charge in [-0.15, -0.1) is 0 Å². The number of anilines is 1. The van der Waals surface area contributed by atoms with Gasteiger partial charge < -0.3 is 19.4 Å². The summed E-state index contributed by atoms with van der Waals surface area (Å²) in [6, 6.07) is 12.7. The van der Waals surface area contributed by atoms with Crippen LogP contribution < -0.4 is 14.5 Å². The van der Waals surface area contributed by atoms with Gasteiger partial charge in [0.15, 0.2) is 6.61 Å². The normalized spacial score (nSPS) is 22.6. The number of hydrogen-bond donors (Lipinski definition) is 1. The molecule has 12 heteroatoms. The minimum Gasteiger partial charge on any atom is -0.483 e. The summed E-state index contributed by atoms with van der Waals surface area (Å²) in [7, 11) is 0. The van der Waals surface area contributed by atoms with Gasteiger partial charge in [-0.2, -0.15) is 0 Å². The van der Waals surface area contributed by atoms with Gasteiger partial charge in [-0.1, -0.05) is 56.7 Å². The summed E-state index contributed by atoms with van der Waals surface area (Å²) in [4.78, 5) is 59.1. The molecule has 2 aromatic carbocycles. The molecule has 1 N–H and O–H groups in total. The van der Waals surface area contributed by atoms with Crippen LogP contribution in [0.1, 0.15) is 21.9 Å². The Morgan fingerprint density at radius 3 is 2.59 bits per heavy atom. The quantitative estimate of drug-likeness (QED) is 0.430. The molecule has 2 fully saturated rings. The SMILES string of the molecule is Cc1ccc(N2C(=O)C3Sc4[nH]c(=O)sc4C(c4cc(Br)ccc4OCC(=O)N4CCOCC4)C3C2=O)cc1. The molecule has 3 aliphatic rings. The number of halogens is 1. The second kappa shape index (κ2) is 10.6. The van der Waals surface area contributed by atoms with Gasteiger partial charge in [0.1, 0.15) is 11.0 Å². The summed E-state index contributed by atoms with van der Waals surface area (Å²) in [5.74, 6) is -1.75. The largest absolute Gasteiger partial charge is 0.483 e. The van der Waals surface area contributed by atoms with E-state index in [0.717, 1.165) is 21.4 Å². The van der Waals surface area contributed by atoms with Crippen molar-refractivity contribution in [3.05, 3.63) is 72.6 Å². The first-order valence-electron chi connectivity index (χ1n) is 12.4. The first kappa shape index (κ1) is 26.3. The van der Waals surface area contributed by atoms with Crippen LogP contribution in [-0.4, -0.2) is 65.8 Å². The highest BCUT2D eigenvalue weighted by molar-refractivity contribution is 9.10. The van der Waals surface area contributed by atoms with Crippen LogP contribution in [0.4, 0.5) is 5.69 Å². The molecule has 0 radical (unpaired) electrons. The molecule has 3 amide bonds. The van der Waals surface area contributed by atoms with Gasteiger partial charge in [-0.05, 0) is 37.3 Å². The average molecular weight is 631 g/mol. The number of carbonyl (C=O) groups is 3. The number of aryl methyl sites for hydroxylation is 1. The molecule has 3 atom stereocenters. The van der Waals surface area contributed by atoms with E-state index in [-0.39, 0.29) is 29.2 Å². The molecule has 0 aliphatic carbocycles. The van der Waals surface area contributed by atoms with Gasteiger partial charge in [0.05, 0.1) is 29.8 Å². The van der Waals surface area contributed by atoms with Crippen molar-refractivity contribution in [3.8, 4) is 5.75 Å². The van der Waals surface area contributed by atoms with Crippen molar-refractivity contribution in [3.63, 3.8) is 0 Å². The van der Waals surface area contributed by atoms with E-state index in [1.54, 1.807) is 29.2 Å². The molecular formula is C27H24BrN3O6S2. The van der Waals surface area contributed by atoms with Crippen LogP contribution in [0.5, 0.6) is 5.75 Å². The maximum absolute atomic E-state index is 14.0. The molecule has 1 aromatic heterocycles. The van der Waals surface area contributed by atoms with E-state index in [4.69, 9.17) is 9.47 Å². The van der Waals surface area contributed by atoms with Crippen LogP contribution in [0.25, 0.3) is 0 Å². The zero-order valence-corrected chi connectivity index (χ0v) is 24.1. The first-order chi connectivity index (χ1) is 18.8. The number of rotatable bonds is 5. The van der Waals surface area contributed by atoms with Gasteiger partial charge in [-0.3, -0.25) is 19.2 Å². The number of carbonyl (C=O) groups excluding carboxylic acids is 3. The number of H-pyrrole nitrogens is 1. The lowest BCUT2D eigenvalue weighted by atomic mass is 9.82. The van der Waals surface area contributed by atoms with Crippen molar-refractivity contribution >= 4 is 62.4 Å². The highest BCUT2D eigenvalue weighted by Crippen LogP contribution is 2.54. The molecule has 3 unspecified atom stereocenters. The number of hydrogen-bond acceptors (Lipinski definition) is 8. The van der Waals surface area contributed by atoms with Crippen molar-refractivity contribution in [2.24, 2.45) is 5.92 Å². The van der Waals surface area contributed by atoms with Gasteiger partial charge in [-0.25, -0.2) is 4.90 Å². The lowest BCUT2D eigenvalue weighted by molar-refractivity contribution is -0.137. The molecular weight excluding hydrogens is 606 g/mol. The van der Waals surface area contributed by atoms with Crippen molar-refractivity contribution in [2.45, 2.75) is 23.1 Å². The number of ether oxygens (including phenoxy) is 2. The monoisotopic (exact) mass is 629 g/mol. The number of nitrogens with zero attached hydrogens (tertiary/aromatic N) is 2. The summed E-state index contributed by atoms with van der Waals surface area (Å²) < 4.78 is 12.1. The van der Waals surface area contributed by atoms with Crippen LogP contribution in [0.2, 0.25) is 0 Å². The zero-order chi connectivity index (χ0) is 27.3. The van der Waals surface area contributed by atoms with Crippen molar-refractivity contribution in [1.82, 2.24) is 9.88 Å². The van der Waals surface area contributed by atoms with Crippen LogP contribution in [0.15, 0.2) is 56.8 Å². The lowest BCUT2D eigenvalue weighted by Gasteiger charge is -2.31. The highest BCUT2D eigenvalue weighted by atomic mass is 79.9. The second-order valence-electron chi connectivity index (χ2n) is 9.56. The summed E-state index contributed by atoms with van der Waals surface area (Å²) >= 11 is 5.78. The third kappa shape index (κ3) is 4.83. The molecule has 4 heterocycles. The van der Waals surface area contributed by atoms with Crippen molar-refractivity contribution in [2.75, 3.05) is 37.8 Å². The number of thioether (sulfide) groups is 1. The van der Waals surface area contributed by atoms with Gasteiger partial charge in [0.25, 0.3) is 5.91 Å². The van der Waals surface area contributed by atoms with Crippen LogP contribution in [0.3, 0.4) is 0 Å². The number of imide groups is 1. The molecule has 202 valence electrons. The number of aromatic amines is 1. The van der Waals surface area contributed by atoms with Gasteiger partial charge >= 0.3 is 4.87 Å². The number of benzene rings is 2. The second-order valence-corrected chi connectivity index (χ2v) is 12.6. The zero-order valence-electron chi connectivity index (χ0n) is 20.8.